The molecule has 0 aliphatic rings. The average molecular weight is 458 g/mol. The van der Waals surface area contributed by atoms with Crippen molar-refractivity contribution in [3.63, 3.8) is 0 Å². The molecule has 3 rings (SSSR count). The van der Waals surface area contributed by atoms with Crippen molar-refractivity contribution in [1.82, 2.24) is 0 Å². The Morgan fingerprint density at radius 3 is 2.47 bits per heavy atom. The number of benzene rings is 3. The summed E-state index contributed by atoms with van der Waals surface area (Å²) >= 11 is 18.0. The van der Waals surface area contributed by atoms with E-state index in [1.165, 1.54) is 6.08 Å². The summed E-state index contributed by atoms with van der Waals surface area (Å²) in [5.74, 6) is 0.0729. The Balaban J connectivity index is 1.67. The van der Waals surface area contributed by atoms with Crippen LogP contribution in [-0.2, 0) is 11.4 Å². The number of nitrogens with zero attached hydrogens (tertiary/aromatic N) is 1. The number of nitriles is 1. The Hall–Kier alpha value is -2.97. The highest BCUT2D eigenvalue weighted by molar-refractivity contribution is 6.44. The summed E-state index contributed by atoms with van der Waals surface area (Å²) in [4.78, 5) is 12.4. The molecule has 0 saturated heterocycles. The Bertz CT molecular complexity index is 1140. The van der Waals surface area contributed by atoms with Gasteiger partial charge in [-0.2, -0.15) is 5.26 Å². The topological polar surface area (TPSA) is 62.1 Å². The summed E-state index contributed by atoms with van der Waals surface area (Å²) in [7, 11) is 0. The molecule has 0 unspecified atom stereocenters. The zero-order valence-corrected chi connectivity index (χ0v) is 17.8. The van der Waals surface area contributed by atoms with Crippen molar-refractivity contribution in [1.29, 1.82) is 5.26 Å². The molecule has 0 heterocycles. The van der Waals surface area contributed by atoms with Crippen molar-refractivity contribution in [2.45, 2.75) is 6.61 Å². The molecule has 4 nitrogen and oxygen atoms in total. The summed E-state index contributed by atoms with van der Waals surface area (Å²) in [5.41, 5.74) is 1.89. The lowest BCUT2D eigenvalue weighted by Crippen LogP contribution is -2.13. The van der Waals surface area contributed by atoms with Gasteiger partial charge in [0.1, 0.15) is 24.0 Å². The lowest BCUT2D eigenvalue weighted by molar-refractivity contribution is -0.112. The number of hydrogen-bond acceptors (Lipinski definition) is 3. The second kappa shape index (κ2) is 10.2. The molecule has 0 radical (unpaired) electrons. The first-order valence-corrected chi connectivity index (χ1v) is 9.94. The van der Waals surface area contributed by atoms with Gasteiger partial charge >= 0.3 is 0 Å². The molecular weight excluding hydrogens is 443 g/mol. The first kappa shape index (κ1) is 21.7. The molecule has 150 valence electrons. The fourth-order valence-electron chi connectivity index (χ4n) is 2.56. The van der Waals surface area contributed by atoms with Gasteiger partial charge < -0.3 is 10.1 Å². The van der Waals surface area contributed by atoms with E-state index in [2.05, 4.69) is 5.32 Å². The van der Waals surface area contributed by atoms with Crippen LogP contribution in [0.5, 0.6) is 5.75 Å². The molecule has 30 heavy (non-hydrogen) atoms. The van der Waals surface area contributed by atoms with Gasteiger partial charge in [0.2, 0.25) is 0 Å². The van der Waals surface area contributed by atoms with Crippen LogP contribution in [0.2, 0.25) is 15.1 Å². The first-order valence-electron chi connectivity index (χ1n) is 8.81. The third-order valence-electron chi connectivity index (χ3n) is 4.05. The van der Waals surface area contributed by atoms with Crippen LogP contribution in [0.4, 0.5) is 5.69 Å². The van der Waals surface area contributed by atoms with E-state index < -0.39 is 5.91 Å². The fraction of sp³-hybridized carbons (Fsp3) is 0.0435. The van der Waals surface area contributed by atoms with Crippen LogP contribution in [0.25, 0.3) is 6.08 Å². The highest BCUT2D eigenvalue weighted by Crippen LogP contribution is 2.30. The van der Waals surface area contributed by atoms with Crippen LogP contribution >= 0.6 is 34.8 Å². The van der Waals surface area contributed by atoms with Gasteiger partial charge in [-0.25, -0.2) is 0 Å². The number of carbonyl (C=O) groups is 1. The summed E-state index contributed by atoms with van der Waals surface area (Å²) in [6, 6.07) is 21.2. The fourth-order valence-corrected chi connectivity index (χ4v) is 3.12. The van der Waals surface area contributed by atoms with E-state index >= 15 is 0 Å². The van der Waals surface area contributed by atoms with Gasteiger partial charge in [-0.1, -0.05) is 65.1 Å². The Morgan fingerprint density at radius 2 is 1.77 bits per heavy atom. The van der Waals surface area contributed by atoms with Crippen LogP contribution in [0.3, 0.4) is 0 Å². The minimum Gasteiger partial charge on any atom is -0.489 e. The lowest BCUT2D eigenvalue weighted by Gasteiger charge is -2.08. The van der Waals surface area contributed by atoms with Crippen LogP contribution in [0, 0.1) is 11.3 Å². The maximum atomic E-state index is 12.4. The van der Waals surface area contributed by atoms with Gasteiger partial charge in [-0.15, -0.1) is 0 Å². The third-order valence-corrected chi connectivity index (χ3v) is 5.10. The van der Waals surface area contributed by atoms with Crippen molar-refractivity contribution in [2.75, 3.05) is 5.32 Å². The Labute approximate surface area is 189 Å². The smallest absolute Gasteiger partial charge is 0.266 e. The van der Waals surface area contributed by atoms with E-state index in [1.54, 1.807) is 48.5 Å². The van der Waals surface area contributed by atoms with Crippen LogP contribution in [0.1, 0.15) is 11.1 Å². The van der Waals surface area contributed by atoms with Gasteiger partial charge in [0, 0.05) is 5.02 Å². The van der Waals surface area contributed by atoms with Gasteiger partial charge in [0.05, 0.1) is 15.7 Å². The third kappa shape index (κ3) is 5.77. The van der Waals surface area contributed by atoms with Gasteiger partial charge in [0.25, 0.3) is 5.91 Å². The van der Waals surface area contributed by atoms with Gasteiger partial charge in [-0.3, -0.25) is 4.79 Å². The monoisotopic (exact) mass is 456 g/mol. The van der Waals surface area contributed by atoms with E-state index in [-0.39, 0.29) is 10.6 Å². The number of anilines is 1. The molecule has 0 fully saturated rings. The van der Waals surface area contributed by atoms with Crippen LogP contribution in [-0.4, -0.2) is 5.91 Å². The zero-order valence-electron chi connectivity index (χ0n) is 15.5. The predicted octanol–water partition coefficient (Wildman–Crippen LogP) is 6.77. The minimum absolute atomic E-state index is 0.0707. The van der Waals surface area contributed by atoms with Crippen LogP contribution < -0.4 is 10.1 Å². The van der Waals surface area contributed by atoms with Gasteiger partial charge in [0.15, 0.2) is 0 Å². The van der Waals surface area contributed by atoms with E-state index in [0.29, 0.717) is 33.7 Å². The van der Waals surface area contributed by atoms with E-state index in [4.69, 9.17) is 39.5 Å². The maximum Gasteiger partial charge on any atom is 0.266 e. The number of rotatable bonds is 6. The first-order chi connectivity index (χ1) is 14.5. The van der Waals surface area contributed by atoms with E-state index in [9.17, 15) is 10.1 Å². The highest BCUT2D eigenvalue weighted by atomic mass is 35.5. The van der Waals surface area contributed by atoms with E-state index in [0.717, 1.165) is 5.56 Å². The number of ether oxygens (including phenoxy) is 1. The molecule has 0 atom stereocenters. The van der Waals surface area contributed by atoms with Crippen molar-refractivity contribution in [2.24, 2.45) is 0 Å². The quantitative estimate of drug-likeness (QED) is 0.328. The molecule has 0 bridgehead atoms. The number of carbonyl (C=O) groups excluding carboxylic acids is 1. The highest BCUT2D eigenvalue weighted by Gasteiger charge is 2.12. The van der Waals surface area contributed by atoms with Crippen LogP contribution in [0.15, 0.2) is 72.3 Å². The predicted molar refractivity (Wildman–Crippen MR) is 121 cm³/mol. The SMILES string of the molecule is N#C/C(=C\c1ccc(OCc2cccc(Cl)c2)cc1)C(=O)Nc1cccc(Cl)c1Cl. The summed E-state index contributed by atoms with van der Waals surface area (Å²) in [6.45, 7) is 0.377. The largest absolute Gasteiger partial charge is 0.489 e. The minimum atomic E-state index is -0.581. The Morgan fingerprint density at radius 1 is 1.03 bits per heavy atom. The second-order valence-corrected chi connectivity index (χ2v) is 7.43. The van der Waals surface area contributed by atoms with E-state index in [1.807, 2.05) is 24.3 Å². The van der Waals surface area contributed by atoms with Crippen molar-refractivity contribution >= 4 is 52.5 Å². The summed E-state index contributed by atoms with van der Waals surface area (Å²) in [6.07, 6.45) is 1.48. The summed E-state index contributed by atoms with van der Waals surface area (Å²) < 4.78 is 5.73. The molecule has 0 aromatic heterocycles. The molecule has 0 spiro atoms. The number of hydrogen-bond donors (Lipinski definition) is 1. The molecule has 0 aliphatic heterocycles. The lowest BCUT2D eigenvalue weighted by atomic mass is 10.1. The van der Waals surface area contributed by atoms with Crippen molar-refractivity contribution < 1.29 is 9.53 Å². The molecule has 0 saturated carbocycles. The van der Waals surface area contributed by atoms with Gasteiger partial charge in [-0.05, 0) is 53.6 Å². The molecule has 7 heteroatoms. The number of amides is 1. The molecule has 1 amide bonds. The molecule has 0 aliphatic carbocycles. The molecule has 1 N–H and O–H groups in total. The average Bonchev–Trinajstić information content (AvgIpc) is 2.74. The molecule has 3 aromatic carbocycles. The molecule has 3 aromatic rings. The second-order valence-electron chi connectivity index (χ2n) is 6.21. The Kier molecular flexibility index (Phi) is 7.37. The zero-order chi connectivity index (χ0) is 21.5. The summed E-state index contributed by atoms with van der Waals surface area (Å²) in [5, 5.41) is 13.1. The van der Waals surface area contributed by atoms with Crippen molar-refractivity contribution in [3.05, 3.63) is 98.5 Å². The normalized spacial score (nSPS) is 10.9. The van der Waals surface area contributed by atoms with Crippen molar-refractivity contribution in [3.8, 4) is 11.8 Å². The standard InChI is InChI=1S/C23H15Cl3N2O2/c24-18-4-1-3-16(12-18)14-30-19-9-7-15(8-10-19)11-17(13-27)23(29)28-21-6-2-5-20(25)22(21)26/h1-12H,14H2,(H,28,29)/b17-11+. The number of halogens is 3. The molecular formula is C23H15Cl3N2O2. The maximum absolute atomic E-state index is 12.4. The number of nitrogens with one attached hydrogen (secondary N) is 1.